The Morgan fingerprint density at radius 3 is 2.94 bits per heavy atom. The van der Waals surface area contributed by atoms with Crippen molar-refractivity contribution in [1.29, 1.82) is 0 Å². The van der Waals surface area contributed by atoms with Crippen LogP contribution >= 0.6 is 0 Å². The molecule has 1 aliphatic rings. The van der Waals surface area contributed by atoms with Gasteiger partial charge in [0.25, 0.3) is 0 Å². The SMILES string of the molecule is Cc1c(NC2NCCN2)cc(F)c2cccnc12. The highest BCUT2D eigenvalue weighted by Gasteiger charge is 2.15. The molecule has 1 aromatic heterocycles. The Morgan fingerprint density at radius 2 is 2.17 bits per heavy atom. The van der Waals surface area contributed by atoms with Gasteiger partial charge in [-0.15, -0.1) is 0 Å². The van der Waals surface area contributed by atoms with Gasteiger partial charge < -0.3 is 5.32 Å². The molecule has 0 amide bonds. The van der Waals surface area contributed by atoms with Crippen LogP contribution in [0.4, 0.5) is 10.1 Å². The number of pyridine rings is 1. The predicted molar refractivity (Wildman–Crippen MR) is 69.9 cm³/mol. The summed E-state index contributed by atoms with van der Waals surface area (Å²) >= 11 is 0. The number of nitrogens with one attached hydrogen (secondary N) is 3. The van der Waals surface area contributed by atoms with Crippen LogP contribution in [0.25, 0.3) is 10.9 Å². The van der Waals surface area contributed by atoms with E-state index in [0.29, 0.717) is 10.9 Å². The van der Waals surface area contributed by atoms with E-state index >= 15 is 0 Å². The minimum atomic E-state index is -0.246. The fourth-order valence-electron chi connectivity index (χ4n) is 2.25. The first kappa shape index (κ1) is 11.4. The average molecular weight is 246 g/mol. The zero-order valence-electron chi connectivity index (χ0n) is 10.1. The molecule has 0 bridgehead atoms. The molecule has 1 aromatic carbocycles. The van der Waals surface area contributed by atoms with E-state index in [2.05, 4.69) is 20.9 Å². The third-order valence-corrected chi connectivity index (χ3v) is 3.22. The summed E-state index contributed by atoms with van der Waals surface area (Å²) in [7, 11) is 0. The van der Waals surface area contributed by atoms with E-state index in [0.717, 1.165) is 24.3 Å². The zero-order chi connectivity index (χ0) is 12.5. The average Bonchev–Trinajstić information content (AvgIpc) is 2.89. The number of hydrogen-bond donors (Lipinski definition) is 3. The second-order valence-electron chi connectivity index (χ2n) is 4.42. The maximum absolute atomic E-state index is 14.0. The van der Waals surface area contributed by atoms with E-state index in [9.17, 15) is 4.39 Å². The van der Waals surface area contributed by atoms with E-state index in [4.69, 9.17) is 0 Å². The van der Waals surface area contributed by atoms with Gasteiger partial charge in [0.05, 0.1) is 5.52 Å². The van der Waals surface area contributed by atoms with Crippen molar-refractivity contribution in [3.8, 4) is 0 Å². The highest BCUT2D eigenvalue weighted by molar-refractivity contribution is 5.87. The van der Waals surface area contributed by atoms with Crippen LogP contribution in [0.3, 0.4) is 0 Å². The van der Waals surface area contributed by atoms with E-state index in [1.165, 1.54) is 6.07 Å². The summed E-state index contributed by atoms with van der Waals surface area (Å²) in [6.07, 6.45) is 1.68. The van der Waals surface area contributed by atoms with Crippen LogP contribution in [0, 0.1) is 12.7 Å². The van der Waals surface area contributed by atoms with Gasteiger partial charge >= 0.3 is 0 Å². The second kappa shape index (κ2) is 4.51. The number of hydrogen-bond acceptors (Lipinski definition) is 4. The molecule has 0 saturated carbocycles. The molecule has 3 rings (SSSR count). The van der Waals surface area contributed by atoms with Gasteiger partial charge in [-0.2, -0.15) is 0 Å². The number of halogens is 1. The van der Waals surface area contributed by atoms with Crippen LogP contribution in [0.5, 0.6) is 0 Å². The first-order valence-electron chi connectivity index (χ1n) is 6.03. The van der Waals surface area contributed by atoms with Crippen molar-refractivity contribution in [3.63, 3.8) is 0 Å². The molecule has 5 heteroatoms. The van der Waals surface area contributed by atoms with Crippen LogP contribution in [-0.2, 0) is 0 Å². The van der Waals surface area contributed by atoms with Gasteiger partial charge in [-0.25, -0.2) is 4.39 Å². The number of aromatic nitrogens is 1. The lowest BCUT2D eigenvalue weighted by Crippen LogP contribution is -2.39. The fourth-order valence-corrected chi connectivity index (χ4v) is 2.25. The summed E-state index contributed by atoms with van der Waals surface area (Å²) in [5.41, 5.74) is 2.44. The van der Waals surface area contributed by atoms with Gasteiger partial charge in [0.2, 0.25) is 0 Å². The fraction of sp³-hybridized carbons (Fsp3) is 0.308. The van der Waals surface area contributed by atoms with Crippen molar-refractivity contribution in [2.24, 2.45) is 0 Å². The van der Waals surface area contributed by atoms with Crippen molar-refractivity contribution >= 4 is 16.6 Å². The minimum absolute atomic E-state index is 0.00994. The summed E-state index contributed by atoms with van der Waals surface area (Å²) in [5.74, 6) is -0.246. The lowest BCUT2D eigenvalue weighted by molar-refractivity contribution is 0.615. The summed E-state index contributed by atoms with van der Waals surface area (Å²) in [6.45, 7) is 3.77. The topological polar surface area (TPSA) is 49.0 Å². The normalized spacial score (nSPS) is 16.3. The Hall–Kier alpha value is -1.72. The summed E-state index contributed by atoms with van der Waals surface area (Å²) in [6, 6.07) is 5.03. The van der Waals surface area contributed by atoms with Gasteiger partial charge in [0, 0.05) is 30.4 Å². The second-order valence-corrected chi connectivity index (χ2v) is 4.42. The summed E-state index contributed by atoms with van der Waals surface area (Å²) in [5, 5.41) is 10.3. The first-order valence-corrected chi connectivity index (χ1v) is 6.03. The Balaban J connectivity index is 2.04. The quantitative estimate of drug-likeness (QED) is 0.753. The molecule has 2 aromatic rings. The third-order valence-electron chi connectivity index (χ3n) is 3.22. The molecular formula is C13H15FN4. The van der Waals surface area contributed by atoms with Gasteiger partial charge in [0.15, 0.2) is 0 Å². The van der Waals surface area contributed by atoms with Crippen LogP contribution in [0.1, 0.15) is 5.56 Å². The zero-order valence-corrected chi connectivity index (χ0v) is 10.1. The maximum Gasteiger partial charge on any atom is 0.134 e. The highest BCUT2D eigenvalue weighted by atomic mass is 19.1. The van der Waals surface area contributed by atoms with Crippen molar-refractivity contribution in [2.45, 2.75) is 13.2 Å². The largest absolute Gasteiger partial charge is 0.357 e. The van der Waals surface area contributed by atoms with Crippen LogP contribution in [0.15, 0.2) is 24.4 Å². The van der Waals surface area contributed by atoms with Crippen LogP contribution < -0.4 is 16.0 Å². The Morgan fingerprint density at radius 1 is 1.39 bits per heavy atom. The van der Waals surface area contributed by atoms with Gasteiger partial charge in [-0.1, -0.05) is 0 Å². The molecule has 0 spiro atoms. The van der Waals surface area contributed by atoms with Gasteiger partial charge in [-0.05, 0) is 30.7 Å². The molecule has 1 saturated heterocycles. The lowest BCUT2D eigenvalue weighted by atomic mass is 10.1. The van der Waals surface area contributed by atoms with E-state index < -0.39 is 0 Å². The molecule has 94 valence electrons. The molecule has 1 aliphatic heterocycles. The number of benzene rings is 1. The molecule has 4 nitrogen and oxygen atoms in total. The highest BCUT2D eigenvalue weighted by Crippen LogP contribution is 2.26. The summed E-state index contributed by atoms with van der Waals surface area (Å²) in [4.78, 5) is 4.26. The van der Waals surface area contributed by atoms with Crippen LogP contribution in [-0.4, -0.2) is 24.4 Å². The Labute approximate surface area is 105 Å². The molecule has 18 heavy (non-hydrogen) atoms. The number of rotatable bonds is 2. The van der Waals surface area contributed by atoms with Crippen LogP contribution in [0.2, 0.25) is 0 Å². The van der Waals surface area contributed by atoms with Gasteiger partial charge in [-0.3, -0.25) is 15.6 Å². The predicted octanol–water partition coefficient (Wildman–Crippen LogP) is 1.57. The number of nitrogens with zero attached hydrogens (tertiary/aromatic N) is 1. The minimum Gasteiger partial charge on any atom is -0.357 e. The number of anilines is 1. The molecule has 0 aliphatic carbocycles. The standard InChI is InChI=1S/C13H15FN4/c1-8-11(18-13-16-5-6-17-13)7-10(14)9-3-2-4-15-12(8)9/h2-4,7,13,16-18H,5-6H2,1H3. The maximum atomic E-state index is 14.0. The molecule has 1 fully saturated rings. The molecule has 0 atom stereocenters. The van der Waals surface area contributed by atoms with Gasteiger partial charge in [0.1, 0.15) is 12.1 Å². The number of aryl methyl sites for hydroxylation is 1. The molecule has 3 N–H and O–H groups in total. The van der Waals surface area contributed by atoms with Crippen molar-refractivity contribution < 1.29 is 4.39 Å². The number of fused-ring (bicyclic) bond motifs is 1. The molecular weight excluding hydrogens is 231 g/mol. The van der Waals surface area contributed by atoms with Crippen molar-refractivity contribution in [2.75, 3.05) is 18.4 Å². The van der Waals surface area contributed by atoms with E-state index in [1.807, 2.05) is 6.92 Å². The van der Waals surface area contributed by atoms with E-state index in [-0.39, 0.29) is 12.1 Å². The molecule has 2 heterocycles. The third kappa shape index (κ3) is 1.91. The Kier molecular flexibility index (Phi) is 2.85. The lowest BCUT2D eigenvalue weighted by Gasteiger charge is -2.17. The smallest absolute Gasteiger partial charge is 0.134 e. The van der Waals surface area contributed by atoms with E-state index in [1.54, 1.807) is 18.3 Å². The molecule has 0 radical (unpaired) electrons. The summed E-state index contributed by atoms with van der Waals surface area (Å²) < 4.78 is 14.0. The molecule has 0 unspecified atom stereocenters. The Bertz CT molecular complexity index is 578. The first-order chi connectivity index (χ1) is 8.75. The van der Waals surface area contributed by atoms with Crippen molar-refractivity contribution in [1.82, 2.24) is 15.6 Å². The monoisotopic (exact) mass is 246 g/mol. The van der Waals surface area contributed by atoms with Crippen molar-refractivity contribution in [3.05, 3.63) is 35.8 Å².